The van der Waals surface area contributed by atoms with Gasteiger partial charge in [-0.05, 0) is 79.7 Å². The van der Waals surface area contributed by atoms with Crippen LogP contribution >= 0.6 is 23.1 Å². The van der Waals surface area contributed by atoms with E-state index in [9.17, 15) is 14.7 Å². The van der Waals surface area contributed by atoms with Crippen molar-refractivity contribution in [3.8, 4) is 0 Å². The van der Waals surface area contributed by atoms with Crippen LogP contribution in [0.3, 0.4) is 0 Å². The lowest BCUT2D eigenvalue weighted by Gasteiger charge is -2.17. The number of ether oxygens (including phenoxy) is 2. The lowest BCUT2D eigenvalue weighted by atomic mass is 10.00. The van der Waals surface area contributed by atoms with Crippen LogP contribution in [-0.2, 0) is 19.1 Å². The van der Waals surface area contributed by atoms with E-state index in [4.69, 9.17) is 9.47 Å². The first kappa shape index (κ1) is 31.6. The van der Waals surface area contributed by atoms with Crippen molar-refractivity contribution in [2.45, 2.75) is 45.8 Å². The average molecular weight is 558 g/mol. The van der Waals surface area contributed by atoms with Gasteiger partial charge in [0.1, 0.15) is 12.1 Å². The molecule has 2 unspecified atom stereocenters. The third-order valence-corrected chi connectivity index (χ3v) is 7.47. The van der Waals surface area contributed by atoms with Crippen molar-refractivity contribution in [2.75, 3.05) is 31.8 Å². The molecule has 0 fully saturated rings. The SMILES string of the molecule is C=C(/C=C(\C=C/CC(=O)NC(CCSC)C(=O)O)COC(COCC)c1ccc(C)s1)c1ccccc1C. The number of allylic oxidation sites excluding steroid dienone is 2. The van der Waals surface area contributed by atoms with E-state index in [-0.39, 0.29) is 18.4 Å². The predicted molar refractivity (Wildman–Crippen MR) is 159 cm³/mol. The number of amides is 1. The van der Waals surface area contributed by atoms with Crippen LogP contribution < -0.4 is 5.32 Å². The van der Waals surface area contributed by atoms with Crippen molar-refractivity contribution in [1.82, 2.24) is 5.32 Å². The maximum absolute atomic E-state index is 12.4. The molecule has 1 aromatic carbocycles. The van der Waals surface area contributed by atoms with Crippen LogP contribution in [0.4, 0.5) is 0 Å². The first-order chi connectivity index (χ1) is 18.2. The number of aryl methyl sites for hydroxylation is 2. The smallest absolute Gasteiger partial charge is 0.326 e. The summed E-state index contributed by atoms with van der Waals surface area (Å²) in [5.41, 5.74) is 3.84. The van der Waals surface area contributed by atoms with Gasteiger partial charge < -0.3 is 19.9 Å². The van der Waals surface area contributed by atoms with Crippen molar-refractivity contribution < 1.29 is 24.2 Å². The second-order valence-corrected chi connectivity index (χ2v) is 11.1. The normalized spacial score (nSPS) is 13.4. The second-order valence-electron chi connectivity index (χ2n) is 8.81. The molecule has 0 aliphatic carbocycles. The Labute approximate surface area is 234 Å². The second kappa shape index (κ2) is 17.0. The highest BCUT2D eigenvalue weighted by Gasteiger charge is 2.19. The zero-order chi connectivity index (χ0) is 27.9. The topological polar surface area (TPSA) is 84.9 Å². The van der Waals surface area contributed by atoms with Gasteiger partial charge in [-0.25, -0.2) is 4.79 Å². The Morgan fingerprint density at radius 2 is 1.97 bits per heavy atom. The Hall–Kier alpha value is -2.65. The maximum atomic E-state index is 12.4. The van der Waals surface area contributed by atoms with Gasteiger partial charge in [-0.3, -0.25) is 4.79 Å². The maximum Gasteiger partial charge on any atom is 0.326 e. The molecule has 0 saturated heterocycles. The molecule has 0 saturated carbocycles. The van der Waals surface area contributed by atoms with Crippen LogP contribution in [0.15, 0.2) is 66.8 Å². The highest BCUT2D eigenvalue weighted by Crippen LogP contribution is 2.27. The number of hydrogen-bond acceptors (Lipinski definition) is 6. The number of thiophene rings is 1. The number of thioether (sulfide) groups is 1. The number of carbonyl (C=O) groups is 2. The molecule has 1 aromatic heterocycles. The van der Waals surface area contributed by atoms with E-state index in [1.165, 1.54) is 4.88 Å². The van der Waals surface area contributed by atoms with Crippen LogP contribution in [0.5, 0.6) is 0 Å². The lowest BCUT2D eigenvalue weighted by molar-refractivity contribution is -0.141. The number of carbonyl (C=O) groups excluding carboxylic acids is 1. The molecule has 0 bridgehead atoms. The average Bonchev–Trinajstić information content (AvgIpc) is 3.32. The minimum absolute atomic E-state index is 0.0592. The highest BCUT2D eigenvalue weighted by molar-refractivity contribution is 7.98. The summed E-state index contributed by atoms with van der Waals surface area (Å²) in [5.74, 6) is -0.703. The molecule has 0 aliphatic heterocycles. The summed E-state index contributed by atoms with van der Waals surface area (Å²) in [6, 6.07) is 11.3. The third-order valence-electron chi connectivity index (χ3n) is 5.73. The molecule has 0 aliphatic rings. The Morgan fingerprint density at radius 3 is 2.61 bits per heavy atom. The summed E-state index contributed by atoms with van der Waals surface area (Å²) in [6.45, 7) is 11.7. The van der Waals surface area contributed by atoms with Gasteiger partial charge in [-0.15, -0.1) is 11.3 Å². The minimum Gasteiger partial charge on any atom is -0.480 e. The van der Waals surface area contributed by atoms with Gasteiger partial charge in [0.05, 0.1) is 13.2 Å². The molecule has 0 radical (unpaired) electrons. The van der Waals surface area contributed by atoms with Gasteiger partial charge in [-0.1, -0.05) is 43.0 Å². The molecule has 1 amide bonds. The summed E-state index contributed by atoms with van der Waals surface area (Å²) in [4.78, 5) is 26.2. The van der Waals surface area contributed by atoms with Gasteiger partial charge in [-0.2, -0.15) is 11.8 Å². The van der Waals surface area contributed by atoms with E-state index in [2.05, 4.69) is 31.0 Å². The summed E-state index contributed by atoms with van der Waals surface area (Å²) in [7, 11) is 0. The Morgan fingerprint density at radius 1 is 1.21 bits per heavy atom. The van der Waals surface area contributed by atoms with Crippen LogP contribution in [-0.4, -0.2) is 54.9 Å². The van der Waals surface area contributed by atoms with Crippen molar-refractivity contribution in [3.63, 3.8) is 0 Å². The van der Waals surface area contributed by atoms with Gasteiger partial charge in [0.25, 0.3) is 0 Å². The Balaban J connectivity index is 2.18. The molecule has 2 aromatic rings. The number of nitrogens with one attached hydrogen (secondary N) is 1. The quantitative estimate of drug-likeness (QED) is 0.220. The largest absolute Gasteiger partial charge is 0.480 e. The fraction of sp³-hybridized carbons (Fsp3) is 0.400. The van der Waals surface area contributed by atoms with E-state index in [1.807, 2.05) is 56.5 Å². The van der Waals surface area contributed by atoms with Gasteiger partial charge in [0.2, 0.25) is 5.91 Å². The monoisotopic (exact) mass is 557 g/mol. The number of benzene rings is 1. The highest BCUT2D eigenvalue weighted by atomic mass is 32.2. The number of rotatable bonds is 17. The predicted octanol–water partition coefficient (Wildman–Crippen LogP) is 6.37. The van der Waals surface area contributed by atoms with Crippen molar-refractivity contribution in [1.29, 1.82) is 0 Å². The summed E-state index contributed by atoms with van der Waals surface area (Å²) in [6.07, 6.45) is 7.67. The van der Waals surface area contributed by atoms with E-state index < -0.39 is 12.0 Å². The Kier molecular flexibility index (Phi) is 14.2. The van der Waals surface area contributed by atoms with Crippen molar-refractivity contribution in [3.05, 3.63) is 87.7 Å². The summed E-state index contributed by atoms with van der Waals surface area (Å²) >= 11 is 3.23. The molecule has 206 valence electrons. The van der Waals surface area contributed by atoms with Crippen LogP contribution in [0.1, 0.15) is 46.8 Å². The van der Waals surface area contributed by atoms with Gasteiger partial charge >= 0.3 is 5.97 Å². The van der Waals surface area contributed by atoms with Gasteiger partial charge in [0.15, 0.2) is 0 Å². The molecule has 1 heterocycles. The standard InChI is InChI=1S/C30H39NO5S2/c1-6-35-20-27(28-15-14-23(4)38-28)36-19-24(18-22(3)25-12-8-7-10-21(25)2)11-9-13-29(32)31-26(30(33)34)16-17-37-5/h7-12,14-15,18,26-27H,3,6,13,16-17,19-20H2,1-2,4-5H3,(H,31,32)(H,33,34)/b11-9-,24-18+. The molecule has 2 N–H and O–H groups in total. The molecule has 2 atom stereocenters. The van der Waals surface area contributed by atoms with E-state index in [1.54, 1.807) is 29.2 Å². The molecule has 8 heteroatoms. The fourth-order valence-corrected chi connectivity index (χ4v) is 5.08. The molecular weight excluding hydrogens is 518 g/mol. The first-order valence-corrected chi connectivity index (χ1v) is 14.8. The van der Waals surface area contributed by atoms with Crippen LogP contribution in [0.25, 0.3) is 5.57 Å². The summed E-state index contributed by atoms with van der Waals surface area (Å²) in [5, 5.41) is 12.0. The zero-order valence-electron chi connectivity index (χ0n) is 22.7. The van der Waals surface area contributed by atoms with Crippen LogP contribution in [0.2, 0.25) is 0 Å². The first-order valence-electron chi connectivity index (χ1n) is 12.6. The van der Waals surface area contributed by atoms with Gasteiger partial charge in [0, 0.05) is 22.8 Å². The molecule has 38 heavy (non-hydrogen) atoms. The van der Waals surface area contributed by atoms with Crippen molar-refractivity contribution in [2.24, 2.45) is 0 Å². The molecule has 6 nitrogen and oxygen atoms in total. The molecule has 0 spiro atoms. The van der Waals surface area contributed by atoms with E-state index in [0.29, 0.717) is 32.0 Å². The van der Waals surface area contributed by atoms with Crippen molar-refractivity contribution >= 4 is 40.5 Å². The molecular formula is C30H39NO5S2. The number of carboxylic acids is 1. The van der Waals surface area contributed by atoms with Crippen LogP contribution in [0, 0.1) is 13.8 Å². The third kappa shape index (κ3) is 11.0. The molecule has 2 rings (SSSR count). The van der Waals surface area contributed by atoms with E-state index >= 15 is 0 Å². The fourth-order valence-electron chi connectivity index (χ4n) is 3.70. The Bertz CT molecular complexity index is 1120. The summed E-state index contributed by atoms with van der Waals surface area (Å²) < 4.78 is 12.0. The lowest BCUT2D eigenvalue weighted by Crippen LogP contribution is -2.40. The number of aliphatic carboxylic acids is 1. The minimum atomic E-state index is -1.02. The van der Waals surface area contributed by atoms with E-state index in [0.717, 1.165) is 27.2 Å². The number of carboxylic acid groups (broad SMARTS) is 1. The number of hydrogen-bond donors (Lipinski definition) is 2. The zero-order valence-corrected chi connectivity index (χ0v) is 24.3.